The van der Waals surface area contributed by atoms with E-state index in [0.717, 1.165) is 18.5 Å². The predicted molar refractivity (Wildman–Crippen MR) is 82.7 cm³/mol. The Morgan fingerprint density at radius 3 is 3.18 bits per heavy atom. The molecule has 0 spiro atoms. The van der Waals surface area contributed by atoms with E-state index < -0.39 is 0 Å². The minimum Gasteiger partial charge on any atom is -0.372 e. The molecule has 0 bridgehead atoms. The summed E-state index contributed by atoms with van der Waals surface area (Å²) in [5.74, 6) is -0.00799. The Balaban J connectivity index is 1.74. The zero-order valence-electron chi connectivity index (χ0n) is 12.9. The number of pyridine rings is 1. The molecule has 3 atom stereocenters. The third-order valence-corrected chi connectivity index (χ3v) is 4.33. The molecule has 1 aromatic rings. The molecule has 118 valence electrons. The predicted octanol–water partition coefficient (Wildman–Crippen LogP) is 1.96. The van der Waals surface area contributed by atoms with Crippen LogP contribution in [0.4, 0.5) is 0 Å². The zero-order valence-corrected chi connectivity index (χ0v) is 12.9. The van der Waals surface area contributed by atoms with Crippen molar-refractivity contribution in [3.05, 3.63) is 42.2 Å². The van der Waals surface area contributed by atoms with Crippen molar-refractivity contribution in [3.63, 3.8) is 0 Å². The number of aromatic nitrogens is 1. The van der Waals surface area contributed by atoms with Gasteiger partial charge in [-0.2, -0.15) is 0 Å². The molecule has 3 rings (SSSR count). The Bertz CT molecular complexity index is 561. The van der Waals surface area contributed by atoms with Gasteiger partial charge in [-0.15, -0.1) is 6.58 Å². The van der Waals surface area contributed by atoms with Gasteiger partial charge in [-0.3, -0.25) is 4.79 Å². The largest absolute Gasteiger partial charge is 0.372 e. The van der Waals surface area contributed by atoms with Crippen LogP contribution in [0.15, 0.2) is 30.9 Å². The molecule has 1 aliphatic carbocycles. The highest BCUT2D eigenvalue weighted by Crippen LogP contribution is 2.32. The number of nitrogens with zero attached hydrogens (tertiary/aromatic N) is 2. The molecule has 1 aliphatic heterocycles. The summed E-state index contributed by atoms with van der Waals surface area (Å²) < 4.78 is 11.7. The molecule has 22 heavy (non-hydrogen) atoms. The molecule has 2 aliphatic rings. The van der Waals surface area contributed by atoms with Crippen LogP contribution in [0.1, 0.15) is 29.0 Å². The zero-order chi connectivity index (χ0) is 15.5. The Hall–Kier alpha value is -1.72. The molecule has 5 heteroatoms. The topological polar surface area (TPSA) is 51.7 Å². The van der Waals surface area contributed by atoms with E-state index in [1.165, 1.54) is 0 Å². The van der Waals surface area contributed by atoms with Crippen molar-refractivity contribution in [1.29, 1.82) is 0 Å². The third kappa shape index (κ3) is 2.91. The molecule has 1 aromatic heterocycles. The smallest absolute Gasteiger partial charge is 0.272 e. The maximum absolute atomic E-state index is 12.8. The van der Waals surface area contributed by atoms with E-state index in [2.05, 4.69) is 11.6 Å². The third-order valence-electron chi connectivity index (χ3n) is 4.33. The van der Waals surface area contributed by atoms with Gasteiger partial charge >= 0.3 is 0 Å². The summed E-state index contributed by atoms with van der Waals surface area (Å²) in [6.07, 6.45) is 3.57. The van der Waals surface area contributed by atoms with E-state index in [0.29, 0.717) is 25.5 Å². The van der Waals surface area contributed by atoms with Gasteiger partial charge in [-0.1, -0.05) is 12.1 Å². The van der Waals surface area contributed by atoms with Crippen LogP contribution in [0.5, 0.6) is 0 Å². The van der Waals surface area contributed by atoms with Crippen molar-refractivity contribution in [3.8, 4) is 0 Å². The molecule has 5 nitrogen and oxygen atoms in total. The second-order valence-corrected chi connectivity index (χ2v) is 5.80. The number of amides is 1. The summed E-state index contributed by atoms with van der Waals surface area (Å²) >= 11 is 0. The summed E-state index contributed by atoms with van der Waals surface area (Å²) in [6.45, 7) is 7.26. The van der Waals surface area contributed by atoms with E-state index in [1.54, 1.807) is 12.1 Å². The van der Waals surface area contributed by atoms with Crippen LogP contribution >= 0.6 is 0 Å². The fourth-order valence-corrected chi connectivity index (χ4v) is 3.35. The first-order valence-electron chi connectivity index (χ1n) is 7.79. The van der Waals surface area contributed by atoms with Gasteiger partial charge in [-0.25, -0.2) is 4.98 Å². The Morgan fingerprint density at radius 1 is 1.55 bits per heavy atom. The molecule has 1 amide bonds. The molecule has 0 radical (unpaired) electrons. The maximum Gasteiger partial charge on any atom is 0.272 e. The lowest BCUT2D eigenvalue weighted by molar-refractivity contribution is -0.100. The van der Waals surface area contributed by atoms with Crippen LogP contribution in [0, 0.1) is 6.92 Å². The van der Waals surface area contributed by atoms with Crippen molar-refractivity contribution >= 4 is 5.91 Å². The van der Waals surface area contributed by atoms with Crippen LogP contribution < -0.4 is 0 Å². The monoisotopic (exact) mass is 302 g/mol. The molecule has 1 saturated heterocycles. The van der Waals surface area contributed by atoms with Crippen molar-refractivity contribution in [2.75, 3.05) is 19.8 Å². The highest BCUT2D eigenvalue weighted by atomic mass is 16.5. The lowest BCUT2D eigenvalue weighted by Crippen LogP contribution is -2.54. The summed E-state index contributed by atoms with van der Waals surface area (Å²) in [7, 11) is 0. The first-order chi connectivity index (χ1) is 10.7. The number of aryl methyl sites for hydroxylation is 1. The molecule has 2 fully saturated rings. The highest BCUT2D eigenvalue weighted by Gasteiger charge is 2.45. The minimum atomic E-state index is -0.0394. The van der Waals surface area contributed by atoms with E-state index in [1.807, 2.05) is 24.0 Å². The van der Waals surface area contributed by atoms with Crippen molar-refractivity contribution in [2.24, 2.45) is 0 Å². The Morgan fingerprint density at radius 2 is 2.41 bits per heavy atom. The number of carbonyl (C=O) groups excluding carboxylic acids is 1. The second kappa shape index (κ2) is 6.58. The number of hydrogen-bond acceptors (Lipinski definition) is 4. The van der Waals surface area contributed by atoms with Crippen LogP contribution in [-0.4, -0.2) is 53.8 Å². The van der Waals surface area contributed by atoms with Crippen LogP contribution in [0.3, 0.4) is 0 Å². The number of rotatable bonds is 4. The summed E-state index contributed by atoms with van der Waals surface area (Å²) in [6, 6.07) is 5.63. The number of carbonyl (C=O) groups is 1. The summed E-state index contributed by atoms with van der Waals surface area (Å²) in [5, 5.41) is 0. The molecule has 2 heterocycles. The standard InChI is InChI=1S/C17H22N2O3/c1-3-10-21-15-8-7-14-16(15)22-11-9-19(14)17(20)13-6-4-5-12(2)18-13/h3-6,14-16H,1,7-11H2,2H3/t14-,15+,16+/m0/s1. The molecular weight excluding hydrogens is 280 g/mol. The fourth-order valence-electron chi connectivity index (χ4n) is 3.35. The Labute approximate surface area is 130 Å². The second-order valence-electron chi connectivity index (χ2n) is 5.80. The van der Waals surface area contributed by atoms with Crippen molar-refractivity contribution in [1.82, 2.24) is 9.88 Å². The van der Waals surface area contributed by atoms with Gasteiger partial charge in [0.25, 0.3) is 5.91 Å². The first kappa shape index (κ1) is 15.2. The molecule has 1 saturated carbocycles. The first-order valence-corrected chi connectivity index (χ1v) is 7.79. The van der Waals surface area contributed by atoms with Crippen LogP contribution in [-0.2, 0) is 9.47 Å². The molecule has 0 unspecified atom stereocenters. The summed E-state index contributed by atoms with van der Waals surface area (Å²) in [5.41, 5.74) is 1.37. The number of hydrogen-bond donors (Lipinski definition) is 0. The van der Waals surface area contributed by atoms with Gasteiger partial charge in [0, 0.05) is 12.2 Å². The highest BCUT2D eigenvalue weighted by molar-refractivity contribution is 5.92. The van der Waals surface area contributed by atoms with Crippen LogP contribution in [0.2, 0.25) is 0 Å². The van der Waals surface area contributed by atoms with E-state index in [-0.39, 0.29) is 24.2 Å². The lowest BCUT2D eigenvalue weighted by Gasteiger charge is -2.38. The van der Waals surface area contributed by atoms with Crippen molar-refractivity contribution in [2.45, 2.75) is 38.0 Å². The summed E-state index contributed by atoms with van der Waals surface area (Å²) in [4.78, 5) is 19.0. The van der Waals surface area contributed by atoms with Crippen LogP contribution in [0.25, 0.3) is 0 Å². The number of ether oxygens (including phenoxy) is 2. The molecule has 0 N–H and O–H groups in total. The van der Waals surface area contributed by atoms with Gasteiger partial charge in [0.2, 0.25) is 0 Å². The normalized spacial score (nSPS) is 27.5. The van der Waals surface area contributed by atoms with Gasteiger partial charge < -0.3 is 14.4 Å². The maximum atomic E-state index is 12.8. The Kier molecular flexibility index (Phi) is 4.55. The average Bonchev–Trinajstić information content (AvgIpc) is 2.95. The minimum absolute atomic E-state index is 0.00799. The van der Waals surface area contributed by atoms with E-state index in [9.17, 15) is 4.79 Å². The SMILES string of the molecule is C=CCO[C@@H]1CC[C@H]2[C@H]1OCCN2C(=O)c1cccc(C)n1. The van der Waals surface area contributed by atoms with Crippen molar-refractivity contribution < 1.29 is 14.3 Å². The quantitative estimate of drug-likeness (QED) is 0.798. The molecular formula is C17H22N2O3. The number of morpholine rings is 1. The van der Waals surface area contributed by atoms with Gasteiger partial charge in [0.15, 0.2) is 0 Å². The van der Waals surface area contributed by atoms with Gasteiger partial charge in [0.05, 0.1) is 25.4 Å². The van der Waals surface area contributed by atoms with Gasteiger partial charge in [0.1, 0.15) is 11.8 Å². The van der Waals surface area contributed by atoms with E-state index in [4.69, 9.17) is 9.47 Å². The average molecular weight is 302 g/mol. The van der Waals surface area contributed by atoms with Gasteiger partial charge in [-0.05, 0) is 31.9 Å². The molecule has 0 aromatic carbocycles. The fraction of sp³-hybridized carbons (Fsp3) is 0.529. The van der Waals surface area contributed by atoms with E-state index >= 15 is 0 Å². The number of fused-ring (bicyclic) bond motifs is 1. The lowest BCUT2D eigenvalue weighted by atomic mass is 10.1.